The van der Waals surface area contributed by atoms with Gasteiger partial charge in [0.15, 0.2) is 5.65 Å². The first-order chi connectivity index (χ1) is 10.1. The van der Waals surface area contributed by atoms with Crippen molar-refractivity contribution in [2.45, 2.75) is 32.2 Å². The van der Waals surface area contributed by atoms with Gasteiger partial charge in [0.05, 0.1) is 5.38 Å². The van der Waals surface area contributed by atoms with E-state index in [0.29, 0.717) is 0 Å². The summed E-state index contributed by atoms with van der Waals surface area (Å²) in [5, 5.41) is -0.150. The van der Waals surface area contributed by atoms with E-state index in [1.807, 2.05) is 50.5 Å². The predicted molar refractivity (Wildman–Crippen MR) is 84.5 cm³/mol. The van der Waals surface area contributed by atoms with Crippen molar-refractivity contribution in [3.05, 3.63) is 53.7 Å². The predicted octanol–water partition coefficient (Wildman–Crippen LogP) is 3.68. The van der Waals surface area contributed by atoms with E-state index in [2.05, 4.69) is 19.5 Å². The number of halogens is 1. The Bertz CT molecular complexity index is 750. The minimum absolute atomic E-state index is 0.150. The van der Waals surface area contributed by atoms with E-state index in [4.69, 9.17) is 11.6 Å². The minimum atomic E-state index is -0.150. The molecule has 4 nitrogen and oxygen atoms in total. The maximum absolute atomic E-state index is 6.27. The summed E-state index contributed by atoms with van der Waals surface area (Å²) < 4.78 is 2.10. The maximum atomic E-state index is 6.27. The lowest BCUT2D eigenvalue weighted by molar-refractivity contribution is 0.655. The Hall–Kier alpha value is -1.94. The molecule has 0 radical (unpaired) electrons. The van der Waals surface area contributed by atoms with Crippen LogP contribution in [0, 0.1) is 6.92 Å². The van der Waals surface area contributed by atoms with Gasteiger partial charge < -0.3 is 4.57 Å². The topological polar surface area (TPSA) is 43.6 Å². The number of hydrogen-bond donors (Lipinski definition) is 0. The Balaban J connectivity index is 1.97. The molecule has 108 valence electrons. The van der Waals surface area contributed by atoms with Crippen molar-refractivity contribution in [1.82, 2.24) is 19.5 Å². The Morgan fingerprint density at radius 2 is 2.14 bits per heavy atom. The summed E-state index contributed by atoms with van der Waals surface area (Å²) >= 11 is 6.27. The molecule has 21 heavy (non-hydrogen) atoms. The number of pyridine rings is 2. The van der Waals surface area contributed by atoms with Gasteiger partial charge in [-0.05, 0) is 37.6 Å². The summed E-state index contributed by atoms with van der Waals surface area (Å²) in [6.07, 6.45) is 4.51. The van der Waals surface area contributed by atoms with Crippen molar-refractivity contribution < 1.29 is 0 Å². The third-order valence-corrected chi connectivity index (χ3v) is 3.62. The zero-order chi connectivity index (χ0) is 14.8. The van der Waals surface area contributed by atoms with Gasteiger partial charge in [0.1, 0.15) is 11.3 Å². The lowest BCUT2D eigenvalue weighted by Crippen LogP contribution is -2.08. The van der Waals surface area contributed by atoms with Crippen LogP contribution >= 0.6 is 11.6 Å². The molecule has 0 bridgehead atoms. The van der Waals surface area contributed by atoms with Gasteiger partial charge >= 0.3 is 0 Å². The van der Waals surface area contributed by atoms with Crippen molar-refractivity contribution in [2.24, 2.45) is 0 Å². The van der Waals surface area contributed by atoms with E-state index >= 15 is 0 Å². The fourth-order valence-corrected chi connectivity index (χ4v) is 2.59. The van der Waals surface area contributed by atoms with Crippen LogP contribution in [-0.2, 0) is 13.0 Å². The standard InChI is InChI=1S/C16H17ClN4/c1-11-9-14-16(19-10-11)21(15(20-14)12(2)17)8-6-13-5-3-4-7-18-13/h3-5,7,9-10,12H,6,8H2,1-2H3. The first-order valence-electron chi connectivity index (χ1n) is 7.02. The quantitative estimate of drug-likeness (QED) is 0.690. The van der Waals surface area contributed by atoms with Crippen LogP contribution in [0.4, 0.5) is 0 Å². The second-order valence-electron chi connectivity index (χ2n) is 5.16. The molecular formula is C16H17ClN4. The number of rotatable bonds is 4. The average Bonchev–Trinajstić information content (AvgIpc) is 2.84. The number of imidazole rings is 1. The van der Waals surface area contributed by atoms with E-state index < -0.39 is 0 Å². The van der Waals surface area contributed by atoms with Crippen LogP contribution < -0.4 is 0 Å². The molecule has 0 saturated carbocycles. The molecule has 1 unspecified atom stereocenters. The molecule has 0 aliphatic heterocycles. The molecule has 0 aliphatic rings. The number of nitrogens with zero attached hydrogens (tertiary/aromatic N) is 4. The lowest BCUT2D eigenvalue weighted by Gasteiger charge is -2.09. The third kappa shape index (κ3) is 2.90. The summed E-state index contributed by atoms with van der Waals surface area (Å²) in [4.78, 5) is 13.5. The molecular weight excluding hydrogens is 284 g/mol. The molecule has 0 aliphatic carbocycles. The van der Waals surface area contributed by atoms with Gasteiger partial charge in [0, 0.05) is 31.1 Å². The van der Waals surface area contributed by atoms with Crippen molar-refractivity contribution in [3.63, 3.8) is 0 Å². The highest BCUT2D eigenvalue weighted by atomic mass is 35.5. The molecule has 1 atom stereocenters. The van der Waals surface area contributed by atoms with Gasteiger partial charge in [0.2, 0.25) is 0 Å². The first-order valence-corrected chi connectivity index (χ1v) is 7.45. The van der Waals surface area contributed by atoms with Crippen molar-refractivity contribution >= 4 is 22.8 Å². The summed E-state index contributed by atoms with van der Waals surface area (Å²) in [6, 6.07) is 8.00. The average molecular weight is 301 g/mol. The van der Waals surface area contributed by atoms with E-state index in [0.717, 1.165) is 41.2 Å². The van der Waals surface area contributed by atoms with E-state index in [9.17, 15) is 0 Å². The summed E-state index contributed by atoms with van der Waals surface area (Å²) in [7, 11) is 0. The SMILES string of the molecule is Cc1cnc2c(c1)nc(C(C)Cl)n2CCc1ccccn1. The molecule has 0 N–H and O–H groups in total. The molecule has 0 aromatic carbocycles. The second kappa shape index (κ2) is 5.82. The van der Waals surface area contributed by atoms with Crippen LogP contribution in [0.5, 0.6) is 0 Å². The Kier molecular flexibility index (Phi) is 3.88. The maximum Gasteiger partial charge on any atom is 0.160 e. The highest BCUT2D eigenvalue weighted by Gasteiger charge is 2.16. The smallest absolute Gasteiger partial charge is 0.160 e. The normalized spacial score (nSPS) is 12.7. The lowest BCUT2D eigenvalue weighted by atomic mass is 10.2. The monoisotopic (exact) mass is 300 g/mol. The fraction of sp³-hybridized carbons (Fsp3) is 0.312. The minimum Gasteiger partial charge on any atom is -0.311 e. The van der Waals surface area contributed by atoms with Crippen LogP contribution in [0.25, 0.3) is 11.2 Å². The third-order valence-electron chi connectivity index (χ3n) is 3.42. The summed E-state index contributed by atoms with van der Waals surface area (Å²) in [5.74, 6) is 0.862. The number of hydrogen-bond acceptors (Lipinski definition) is 3. The number of aromatic nitrogens is 4. The van der Waals surface area contributed by atoms with Crippen LogP contribution in [0.1, 0.15) is 29.4 Å². The fourth-order valence-electron chi connectivity index (χ4n) is 2.43. The number of fused-ring (bicyclic) bond motifs is 1. The molecule has 3 aromatic heterocycles. The summed E-state index contributed by atoms with van der Waals surface area (Å²) in [5.41, 5.74) is 3.95. The molecule has 0 saturated heterocycles. The van der Waals surface area contributed by atoms with Crippen LogP contribution in [0.2, 0.25) is 0 Å². The van der Waals surface area contributed by atoms with Gasteiger partial charge in [-0.1, -0.05) is 6.07 Å². The van der Waals surface area contributed by atoms with Crippen LogP contribution in [-0.4, -0.2) is 19.5 Å². The second-order valence-corrected chi connectivity index (χ2v) is 5.82. The van der Waals surface area contributed by atoms with Gasteiger partial charge in [-0.2, -0.15) is 0 Å². The molecule has 3 heterocycles. The molecule has 5 heteroatoms. The zero-order valence-corrected chi connectivity index (χ0v) is 12.9. The molecule has 0 spiro atoms. The van der Waals surface area contributed by atoms with E-state index in [1.54, 1.807) is 0 Å². The van der Waals surface area contributed by atoms with Gasteiger partial charge in [-0.25, -0.2) is 9.97 Å². The largest absolute Gasteiger partial charge is 0.311 e. The Labute approximate surface area is 128 Å². The van der Waals surface area contributed by atoms with E-state index in [-0.39, 0.29) is 5.38 Å². The molecule has 0 amide bonds. The van der Waals surface area contributed by atoms with Gasteiger partial charge in [-0.15, -0.1) is 11.6 Å². The molecule has 3 rings (SSSR count). The van der Waals surface area contributed by atoms with E-state index in [1.165, 1.54) is 0 Å². The van der Waals surface area contributed by atoms with Crippen molar-refractivity contribution in [2.75, 3.05) is 0 Å². The Morgan fingerprint density at radius 1 is 1.29 bits per heavy atom. The van der Waals surface area contributed by atoms with Crippen LogP contribution in [0.15, 0.2) is 36.7 Å². The Morgan fingerprint density at radius 3 is 2.86 bits per heavy atom. The summed E-state index contributed by atoms with van der Waals surface area (Å²) in [6.45, 7) is 4.73. The number of alkyl halides is 1. The van der Waals surface area contributed by atoms with Crippen LogP contribution in [0.3, 0.4) is 0 Å². The molecule has 3 aromatic rings. The number of aryl methyl sites for hydroxylation is 3. The highest BCUT2D eigenvalue weighted by molar-refractivity contribution is 6.20. The van der Waals surface area contributed by atoms with Crippen molar-refractivity contribution in [1.29, 1.82) is 0 Å². The van der Waals surface area contributed by atoms with Crippen molar-refractivity contribution in [3.8, 4) is 0 Å². The molecule has 0 fully saturated rings. The van der Waals surface area contributed by atoms with Gasteiger partial charge in [-0.3, -0.25) is 4.98 Å². The highest BCUT2D eigenvalue weighted by Crippen LogP contribution is 2.24. The van der Waals surface area contributed by atoms with Gasteiger partial charge in [0.25, 0.3) is 0 Å². The first kappa shape index (κ1) is 14.0. The zero-order valence-electron chi connectivity index (χ0n) is 12.1.